The number of aromatic nitrogens is 2. The zero-order valence-electron chi connectivity index (χ0n) is 22.0. The van der Waals surface area contributed by atoms with Gasteiger partial charge in [0.2, 0.25) is 0 Å². The van der Waals surface area contributed by atoms with E-state index in [0.29, 0.717) is 35.4 Å². The van der Waals surface area contributed by atoms with Crippen LogP contribution in [0, 0.1) is 17.8 Å². The van der Waals surface area contributed by atoms with Crippen molar-refractivity contribution in [1.29, 1.82) is 0 Å². The van der Waals surface area contributed by atoms with Gasteiger partial charge in [-0.15, -0.1) is 0 Å². The number of fused-ring (bicyclic) bond motifs is 3. The number of rotatable bonds is 6. The molecular formula is C28H40N4O4. The largest absolute Gasteiger partial charge is 0.494 e. The summed E-state index contributed by atoms with van der Waals surface area (Å²) in [5.41, 5.74) is 1.62. The molecule has 3 N–H and O–H groups in total. The van der Waals surface area contributed by atoms with E-state index in [-0.39, 0.29) is 18.0 Å². The van der Waals surface area contributed by atoms with Crippen LogP contribution in [0.5, 0.6) is 5.75 Å². The maximum absolute atomic E-state index is 13.2. The van der Waals surface area contributed by atoms with Gasteiger partial charge in [0.15, 0.2) is 0 Å². The summed E-state index contributed by atoms with van der Waals surface area (Å²) >= 11 is 0. The highest BCUT2D eigenvalue weighted by Crippen LogP contribution is 2.52. The van der Waals surface area contributed by atoms with Crippen LogP contribution in [0.1, 0.15) is 94.2 Å². The third-order valence-electron chi connectivity index (χ3n) is 8.30. The number of amides is 2. The van der Waals surface area contributed by atoms with Gasteiger partial charge in [0, 0.05) is 18.5 Å². The summed E-state index contributed by atoms with van der Waals surface area (Å²) in [6.07, 6.45) is 8.46. The van der Waals surface area contributed by atoms with Crippen LogP contribution in [0.2, 0.25) is 0 Å². The molecule has 8 nitrogen and oxygen atoms in total. The molecule has 1 aromatic carbocycles. The maximum Gasteiger partial charge on any atom is 0.407 e. The lowest BCUT2D eigenvalue weighted by molar-refractivity contribution is 0.0487. The van der Waals surface area contributed by atoms with E-state index in [4.69, 9.17) is 14.5 Å². The predicted molar refractivity (Wildman–Crippen MR) is 138 cm³/mol. The number of carbonyl (C=O) groups excluding carboxylic acids is 2. The topological polar surface area (TPSA) is 105 Å². The summed E-state index contributed by atoms with van der Waals surface area (Å²) in [7, 11) is 1.65. The number of aromatic amines is 1. The zero-order valence-corrected chi connectivity index (χ0v) is 22.0. The second kappa shape index (κ2) is 9.94. The molecule has 0 aliphatic heterocycles. The summed E-state index contributed by atoms with van der Waals surface area (Å²) in [6.45, 7) is 6.22. The van der Waals surface area contributed by atoms with Crippen molar-refractivity contribution >= 4 is 23.0 Å². The van der Waals surface area contributed by atoms with Crippen LogP contribution in [0.4, 0.5) is 4.79 Å². The molecule has 3 aliphatic carbocycles. The van der Waals surface area contributed by atoms with Crippen LogP contribution in [-0.4, -0.2) is 47.3 Å². The van der Waals surface area contributed by atoms with Crippen LogP contribution >= 0.6 is 0 Å². The fourth-order valence-electron chi connectivity index (χ4n) is 6.51. The summed E-state index contributed by atoms with van der Waals surface area (Å²) in [5, 5.41) is 6.13. The number of H-pyrrole nitrogens is 1. The molecular weight excluding hydrogens is 456 g/mol. The van der Waals surface area contributed by atoms with Crippen molar-refractivity contribution in [1.82, 2.24) is 20.6 Å². The lowest BCUT2D eigenvalue weighted by Gasteiger charge is -2.30. The third-order valence-corrected chi connectivity index (χ3v) is 8.30. The van der Waals surface area contributed by atoms with Gasteiger partial charge in [0.25, 0.3) is 5.91 Å². The van der Waals surface area contributed by atoms with Gasteiger partial charge in [-0.25, -0.2) is 9.78 Å². The Kier molecular flexibility index (Phi) is 6.88. The molecule has 3 saturated carbocycles. The number of hydrogen-bond donors (Lipinski definition) is 3. The lowest BCUT2D eigenvalue weighted by Crippen LogP contribution is -2.42. The summed E-state index contributed by atoms with van der Waals surface area (Å²) in [6, 6.07) is 3.80. The molecule has 0 radical (unpaired) electrons. The molecule has 36 heavy (non-hydrogen) atoms. The number of carbonyl (C=O) groups is 2. The number of imidazole rings is 1. The van der Waals surface area contributed by atoms with Crippen LogP contribution < -0.4 is 15.4 Å². The third kappa shape index (κ3) is 5.32. The van der Waals surface area contributed by atoms with Gasteiger partial charge in [-0.05, 0) is 95.6 Å². The van der Waals surface area contributed by atoms with E-state index in [9.17, 15) is 9.59 Å². The van der Waals surface area contributed by atoms with E-state index in [1.807, 2.05) is 32.9 Å². The fraction of sp³-hybridized carbons (Fsp3) is 0.679. The van der Waals surface area contributed by atoms with Gasteiger partial charge in [-0.3, -0.25) is 4.79 Å². The zero-order chi connectivity index (χ0) is 25.4. The Bertz CT molecular complexity index is 1110. The van der Waals surface area contributed by atoms with Crippen molar-refractivity contribution in [2.45, 2.75) is 89.7 Å². The molecule has 2 aromatic rings. The normalized spacial score (nSPS) is 27.7. The summed E-state index contributed by atoms with van der Waals surface area (Å²) < 4.78 is 10.9. The van der Waals surface area contributed by atoms with Crippen molar-refractivity contribution < 1.29 is 19.1 Å². The van der Waals surface area contributed by atoms with Gasteiger partial charge in [0.05, 0.1) is 12.7 Å². The smallest absolute Gasteiger partial charge is 0.407 e. The minimum absolute atomic E-state index is 0.0948. The molecule has 3 fully saturated rings. The Hall–Kier alpha value is -2.77. The molecule has 0 saturated heterocycles. The quantitative estimate of drug-likeness (QED) is 0.504. The molecule has 1 unspecified atom stereocenters. The first kappa shape index (κ1) is 24.9. The predicted octanol–water partition coefficient (Wildman–Crippen LogP) is 5.29. The second-order valence-corrected chi connectivity index (χ2v) is 12.0. The summed E-state index contributed by atoms with van der Waals surface area (Å²) in [5.74, 6) is 4.02. The highest BCUT2D eigenvalue weighted by molar-refractivity contribution is 6.06. The molecule has 0 spiro atoms. The Morgan fingerprint density at radius 3 is 2.50 bits per heavy atom. The lowest BCUT2D eigenvalue weighted by atomic mass is 9.86. The van der Waals surface area contributed by atoms with Crippen molar-refractivity contribution in [2.24, 2.45) is 17.8 Å². The summed E-state index contributed by atoms with van der Waals surface area (Å²) in [4.78, 5) is 33.7. The Morgan fingerprint density at radius 1 is 1.08 bits per heavy atom. The standard InChI is InChI=1S/C28H40N4O4/c1-28(2,3)36-27(34)30-19-9-6-16(7-10-19)15-29-26(33)20-11-12-22(35-4)24-23(20)31-25(32-24)21-14-17-5-8-18(21)13-17/h11-12,16-19,21H,5-10,13-15H2,1-4H3,(H,29,33)(H,30,34)(H,31,32)/t16?,17-,18+,19?,21?/m1/s1. The van der Waals surface area contributed by atoms with Crippen LogP contribution in [0.3, 0.4) is 0 Å². The Labute approximate surface area is 213 Å². The molecule has 3 aliphatic rings. The molecule has 1 aromatic heterocycles. The highest BCUT2D eigenvalue weighted by Gasteiger charge is 2.41. The molecule has 2 amide bonds. The number of nitrogens with zero attached hydrogens (tertiary/aromatic N) is 1. The van der Waals surface area contributed by atoms with Crippen molar-refractivity contribution in [2.75, 3.05) is 13.7 Å². The van der Waals surface area contributed by atoms with E-state index < -0.39 is 5.60 Å². The fourth-order valence-corrected chi connectivity index (χ4v) is 6.51. The van der Waals surface area contributed by atoms with Crippen molar-refractivity contribution in [3.8, 4) is 5.75 Å². The number of benzene rings is 1. The van der Waals surface area contributed by atoms with E-state index in [1.54, 1.807) is 7.11 Å². The molecule has 5 rings (SSSR count). The molecule has 3 atom stereocenters. The monoisotopic (exact) mass is 496 g/mol. The van der Waals surface area contributed by atoms with Crippen LogP contribution in [0.25, 0.3) is 11.0 Å². The van der Waals surface area contributed by atoms with Crippen LogP contribution in [0.15, 0.2) is 12.1 Å². The Balaban J connectivity index is 1.19. The minimum Gasteiger partial charge on any atom is -0.494 e. The number of hydrogen-bond acceptors (Lipinski definition) is 5. The molecule has 196 valence electrons. The van der Waals surface area contributed by atoms with Crippen molar-refractivity contribution in [3.05, 3.63) is 23.5 Å². The molecule has 8 heteroatoms. The van der Waals surface area contributed by atoms with Crippen molar-refractivity contribution in [3.63, 3.8) is 0 Å². The molecule has 2 bridgehead atoms. The van der Waals surface area contributed by atoms with E-state index in [2.05, 4.69) is 15.6 Å². The maximum atomic E-state index is 13.2. The van der Waals surface area contributed by atoms with Gasteiger partial charge < -0.3 is 25.1 Å². The SMILES string of the molecule is COc1ccc(C(=O)NCC2CCC(NC(=O)OC(C)(C)C)CC2)c2nc(C3C[C@@H]4CC[C@H]3C4)[nH]c12. The van der Waals surface area contributed by atoms with Gasteiger partial charge in [-0.2, -0.15) is 0 Å². The minimum atomic E-state index is -0.496. The van der Waals surface area contributed by atoms with E-state index >= 15 is 0 Å². The molecule has 1 heterocycles. The first-order valence-corrected chi connectivity index (χ1v) is 13.5. The first-order chi connectivity index (χ1) is 17.2. The van der Waals surface area contributed by atoms with Crippen LogP contribution in [-0.2, 0) is 4.74 Å². The highest BCUT2D eigenvalue weighted by atomic mass is 16.6. The number of nitrogens with one attached hydrogen (secondary N) is 3. The number of ether oxygens (including phenoxy) is 2. The van der Waals surface area contributed by atoms with Gasteiger partial charge >= 0.3 is 6.09 Å². The number of methoxy groups -OCH3 is 1. The second-order valence-electron chi connectivity index (χ2n) is 12.0. The number of alkyl carbamates (subject to hydrolysis) is 1. The van der Waals surface area contributed by atoms with E-state index in [1.165, 1.54) is 25.7 Å². The van der Waals surface area contributed by atoms with Gasteiger partial charge in [0.1, 0.15) is 28.2 Å². The first-order valence-electron chi connectivity index (χ1n) is 13.5. The van der Waals surface area contributed by atoms with Gasteiger partial charge in [-0.1, -0.05) is 6.42 Å². The Morgan fingerprint density at radius 2 is 1.86 bits per heavy atom. The average molecular weight is 497 g/mol. The van der Waals surface area contributed by atoms with E-state index in [0.717, 1.165) is 48.7 Å². The average Bonchev–Trinajstić information content (AvgIpc) is 3.57.